The van der Waals surface area contributed by atoms with E-state index in [0.29, 0.717) is 10.7 Å². The van der Waals surface area contributed by atoms with Gasteiger partial charge in [0.25, 0.3) is 5.91 Å². The van der Waals surface area contributed by atoms with Gasteiger partial charge in [-0.3, -0.25) is 9.63 Å². The molecule has 0 heterocycles. The summed E-state index contributed by atoms with van der Waals surface area (Å²) in [6.07, 6.45) is -0.753. The molecule has 1 aromatic rings. The van der Waals surface area contributed by atoms with Crippen LogP contribution >= 0.6 is 11.6 Å². The van der Waals surface area contributed by atoms with Crippen molar-refractivity contribution in [3.8, 4) is 0 Å². The Kier molecular flexibility index (Phi) is 5.79. The van der Waals surface area contributed by atoms with Gasteiger partial charge in [-0.15, -0.1) is 0 Å². The maximum atomic E-state index is 11.5. The number of halogens is 1. The number of benzene rings is 1. The second-order valence-electron chi connectivity index (χ2n) is 4.95. The predicted octanol–water partition coefficient (Wildman–Crippen LogP) is 2.73. The van der Waals surface area contributed by atoms with E-state index in [-0.39, 0.29) is 6.61 Å². The van der Waals surface area contributed by atoms with E-state index in [1.54, 1.807) is 45.0 Å². The van der Waals surface area contributed by atoms with Gasteiger partial charge in [0.05, 0.1) is 0 Å². The fourth-order valence-corrected chi connectivity index (χ4v) is 1.32. The van der Waals surface area contributed by atoms with Crippen molar-refractivity contribution in [2.75, 3.05) is 11.9 Å². The first-order chi connectivity index (χ1) is 9.26. The van der Waals surface area contributed by atoms with Gasteiger partial charge in [0, 0.05) is 10.7 Å². The maximum absolute atomic E-state index is 11.5. The summed E-state index contributed by atoms with van der Waals surface area (Å²) in [6, 6.07) is 6.61. The molecule has 0 radical (unpaired) electrons. The van der Waals surface area contributed by atoms with E-state index < -0.39 is 17.6 Å². The van der Waals surface area contributed by atoms with Gasteiger partial charge in [-0.1, -0.05) is 11.6 Å². The van der Waals surface area contributed by atoms with Crippen LogP contribution in [0.1, 0.15) is 20.8 Å². The van der Waals surface area contributed by atoms with Crippen LogP contribution in [0.15, 0.2) is 24.3 Å². The predicted molar refractivity (Wildman–Crippen MR) is 75.4 cm³/mol. The molecule has 0 bridgehead atoms. The molecule has 0 saturated heterocycles. The van der Waals surface area contributed by atoms with Crippen LogP contribution in [-0.2, 0) is 14.4 Å². The first-order valence-corrected chi connectivity index (χ1v) is 6.30. The lowest BCUT2D eigenvalue weighted by Gasteiger charge is -2.19. The number of ether oxygens (including phenoxy) is 1. The lowest BCUT2D eigenvalue weighted by molar-refractivity contribution is -0.122. The lowest BCUT2D eigenvalue weighted by atomic mass is 10.2. The van der Waals surface area contributed by atoms with Crippen molar-refractivity contribution < 1.29 is 19.2 Å². The van der Waals surface area contributed by atoms with Crippen molar-refractivity contribution in [1.82, 2.24) is 5.48 Å². The average molecular weight is 301 g/mol. The zero-order chi connectivity index (χ0) is 15.2. The number of hydrogen-bond acceptors (Lipinski definition) is 4. The number of rotatable bonds is 4. The second kappa shape index (κ2) is 7.12. The smallest absolute Gasteiger partial charge is 0.431 e. The van der Waals surface area contributed by atoms with Gasteiger partial charge < -0.3 is 10.1 Å². The summed E-state index contributed by atoms with van der Waals surface area (Å²) < 4.78 is 4.93. The number of nitrogens with one attached hydrogen (secondary N) is 2. The number of hydrogen-bond donors (Lipinski definition) is 2. The summed E-state index contributed by atoms with van der Waals surface area (Å²) in [5.41, 5.74) is 1.98. The van der Waals surface area contributed by atoms with Gasteiger partial charge in [-0.25, -0.2) is 4.79 Å². The number of carbonyl (C=O) groups excluding carboxylic acids is 2. The molecule has 2 N–H and O–H groups in total. The van der Waals surface area contributed by atoms with Crippen LogP contribution in [0.4, 0.5) is 10.5 Å². The van der Waals surface area contributed by atoms with Crippen molar-refractivity contribution in [3.63, 3.8) is 0 Å². The summed E-state index contributed by atoms with van der Waals surface area (Å²) in [5.74, 6) is -0.414. The summed E-state index contributed by atoms with van der Waals surface area (Å²) in [6.45, 7) is 4.83. The SMILES string of the molecule is CC(C)(C)OC(=O)NOCC(=O)Nc1ccc(Cl)cc1. The summed E-state index contributed by atoms with van der Waals surface area (Å²) in [5, 5.41) is 3.15. The molecule has 0 atom stereocenters. The Balaban J connectivity index is 2.27. The molecular formula is C13H17ClN2O4. The number of anilines is 1. The fraction of sp³-hybridized carbons (Fsp3) is 0.385. The largest absolute Gasteiger partial charge is 0.442 e. The van der Waals surface area contributed by atoms with E-state index in [1.165, 1.54) is 0 Å². The number of amides is 2. The molecule has 2 amide bonds. The monoisotopic (exact) mass is 300 g/mol. The third-order valence-corrected chi connectivity index (χ3v) is 2.14. The molecule has 0 unspecified atom stereocenters. The van der Waals surface area contributed by atoms with Gasteiger partial charge >= 0.3 is 6.09 Å². The molecule has 0 spiro atoms. The first kappa shape index (κ1) is 16.3. The quantitative estimate of drug-likeness (QED) is 0.838. The lowest BCUT2D eigenvalue weighted by Crippen LogP contribution is -2.34. The highest BCUT2D eigenvalue weighted by atomic mass is 35.5. The molecule has 7 heteroatoms. The molecule has 1 aromatic carbocycles. The van der Waals surface area contributed by atoms with Gasteiger partial charge in [0.15, 0.2) is 6.61 Å². The minimum atomic E-state index is -0.753. The van der Waals surface area contributed by atoms with Crippen LogP contribution in [0, 0.1) is 0 Å². The van der Waals surface area contributed by atoms with Crippen LogP contribution in [0.3, 0.4) is 0 Å². The Morgan fingerprint density at radius 1 is 1.20 bits per heavy atom. The molecule has 0 aliphatic rings. The summed E-state index contributed by atoms with van der Waals surface area (Å²) in [7, 11) is 0. The molecule has 0 saturated carbocycles. The van der Waals surface area contributed by atoms with Crippen molar-refractivity contribution in [2.45, 2.75) is 26.4 Å². The highest BCUT2D eigenvalue weighted by Crippen LogP contribution is 2.13. The molecule has 1 rings (SSSR count). The summed E-state index contributed by atoms with van der Waals surface area (Å²) in [4.78, 5) is 27.5. The topological polar surface area (TPSA) is 76.7 Å². The van der Waals surface area contributed by atoms with Crippen molar-refractivity contribution in [2.24, 2.45) is 0 Å². The van der Waals surface area contributed by atoms with E-state index in [1.807, 2.05) is 5.48 Å². The molecule has 0 aromatic heterocycles. The molecule has 20 heavy (non-hydrogen) atoms. The standard InChI is InChI=1S/C13H17ClN2O4/c1-13(2,3)20-12(18)16-19-8-11(17)15-10-6-4-9(14)5-7-10/h4-7H,8H2,1-3H3,(H,15,17)(H,16,18). The van der Waals surface area contributed by atoms with Crippen LogP contribution in [0.25, 0.3) is 0 Å². The zero-order valence-electron chi connectivity index (χ0n) is 11.5. The van der Waals surface area contributed by atoms with Crippen LogP contribution in [-0.4, -0.2) is 24.2 Å². The van der Waals surface area contributed by atoms with Gasteiger partial charge in [-0.05, 0) is 45.0 Å². The first-order valence-electron chi connectivity index (χ1n) is 5.92. The zero-order valence-corrected chi connectivity index (χ0v) is 12.3. The Bertz CT molecular complexity index is 468. The molecule has 110 valence electrons. The minimum absolute atomic E-state index is 0.331. The van der Waals surface area contributed by atoms with E-state index in [0.717, 1.165) is 0 Å². The number of carbonyl (C=O) groups is 2. The van der Waals surface area contributed by atoms with E-state index in [9.17, 15) is 9.59 Å². The average Bonchev–Trinajstić information content (AvgIpc) is 2.29. The summed E-state index contributed by atoms with van der Waals surface area (Å²) >= 11 is 5.72. The Hall–Kier alpha value is -1.79. The third-order valence-electron chi connectivity index (χ3n) is 1.89. The Morgan fingerprint density at radius 3 is 2.35 bits per heavy atom. The molecule has 0 aliphatic carbocycles. The van der Waals surface area contributed by atoms with Crippen LogP contribution in [0.2, 0.25) is 5.02 Å². The van der Waals surface area contributed by atoms with Gasteiger partial charge in [-0.2, -0.15) is 5.48 Å². The van der Waals surface area contributed by atoms with E-state index in [2.05, 4.69) is 5.32 Å². The van der Waals surface area contributed by atoms with Crippen LogP contribution < -0.4 is 10.8 Å². The normalized spacial score (nSPS) is 10.8. The number of hydroxylamine groups is 1. The highest BCUT2D eigenvalue weighted by Gasteiger charge is 2.16. The van der Waals surface area contributed by atoms with Crippen LogP contribution in [0.5, 0.6) is 0 Å². The molecule has 6 nitrogen and oxygen atoms in total. The van der Waals surface area contributed by atoms with Crippen molar-refractivity contribution in [1.29, 1.82) is 0 Å². The maximum Gasteiger partial charge on any atom is 0.431 e. The van der Waals surface area contributed by atoms with Crippen molar-refractivity contribution in [3.05, 3.63) is 29.3 Å². The molecular weight excluding hydrogens is 284 g/mol. The fourth-order valence-electron chi connectivity index (χ4n) is 1.19. The third kappa shape index (κ3) is 6.96. The highest BCUT2D eigenvalue weighted by molar-refractivity contribution is 6.30. The van der Waals surface area contributed by atoms with Gasteiger partial charge in [0.2, 0.25) is 0 Å². The van der Waals surface area contributed by atoms with E-state index >= 15 is 0 Å². The Labute approximate surface area is 122 Å². The van der Waals surface area contributed by atoms with E-state index in [4.69, 9.17) is 21.2 Å². The van der Waals surface area contributed by atoms with Gasteiger partial charge in [0.1, 0.15) is 5.60 Å². The van der Waals surface area contributed by atoms with Crippen molar-refractivity contribution >= 4 is 29.3 Å². The minimum Gasteiger partial charge on any atom is -0.442 e. The second-order valence-corrected chi connectivity index (χ2v) is 5.38. The molecule has 0 fully saturated rings. The Morgan fingerprint density at radius 2 is 1.80 bits per heavy atom. The molecule has 0 aliphatic heterocycles.